The molecule has 0 aliphatic heterocycles. The molecule has 24 heavy (non-hydrogen) atoms. The third-order valence-electron chi connectivity index (χ3n) is 3.89. The highest BCUT2D eigenvalue weighted by atomic mass is 16.5. The summed E-state index contributed by atoms with van der Waals surface area (Å²) in [6.45, 7) is 5.23. The maximum Gasteiger partial charge on any atom is 0.342 e. The van der Waals surface area contributed by atoms with Gasteiger partial charge in [0.25, 0.3) is 0 Å². The maximum absolute atomic E-state index is 12.8. The van der Waals surface area contributed by atoms with Gasteiger partial charge in [-0.3, -0.25) is 4.79 Å². The van der Waals surface area contributed by atoms with Crippen molar-refractivity contribution in [3.63, 3.8) is 0 Å². The lowest BCUT2D eigenvalue weighted by Crippen LogP contribution is -2.13. The first-order valence-electron chi connectivity index (χ1n) is 7.77. The van der Waals surface area contributed by atoms with Crippen LogP contribution >= 0.6 is 0 Å². The van der Waals surface area contributed by atoms with E-state index < -0.39 is 11.8 Å². The van der Waals surface area contributed by atoms with Crippen LogP contribution in [0.2, 0.25) is 0 Å². The van der Waals surface area contributed by atoms with Gasteiger partial charge >= 0.3 is 5.97 Å². The predicted octanol–water partition coefficient (Wildman–Crippen LogP) is 3.38. The number of carbonyl (C=O) groups excluding carboxylic acids is 2. The summed E-state index contributed by atoms with van der Waals surface area (Å²) in [6, 6.07) is 7.77. The van der Waals surface area contributed by atoms with Crippen molar-refractivity contribution >= 4 is 11.8 Å². The van der Waals surface area contributed by atoms with Crippen LogP contribution in [0, 0.1) is 6.92 Å². The Bertz CT molecular complexity index is 793. The molecule has 0 amide bonds. The molecule has 2 N–H and O–H groups in total. The molecule has 0 fully saturated rings. The van der Waals surface area contributed by atoms with E-state index in [0.29, 0.717) is 17.5 Å². The van der Waals surface area contributed by atoms with Gasteiger partial charge in [-0.1, -0.05) is 19.1 Å². The highest BCUT2D eigenvalue weighted by Gasteiger charge is 2.25. The van der Waals surface area contributed by atoms with Crippen LogP contribution in [0.15, 0.2) is 30.3 Å². The van der Waals surface area contributed by atoms with Crippen molar-refractivity contribution in [2.24, 2.45) is 0 Å². The average molecular weight is 328 g/mol. The lowest BCUT2D eigenvalue weighted by atomic mass is 9.91. The SMILES string of the molecule is CCOC(=O)c1c(C)c(C(=O)c2ccccc2O)cc(CC)c1O. The Kier molecular flexibility index (Phi) is 5.24. The van der Waals surface area contributed by atoms with Gasteiger partial charge in [0.1, 0.15) is 17.1 Å². The Hall–Kier alpha value is -2.82. The molecule has 0 bridgehead atoms. The van der Waals surface area contributed by atoms with E-state index in [0.717, 1.165) is 0 Å². The zero-order valence-corrected chi connectivity index (χ0v) is 13.9. The number of esters is 1. The first kappa shape index (κ1) is 17.5. The van der Waals surface area contributed by atoms with Gasteiger partial charge in [-0.15, -0.1) is 0 Å². The molecule has 0 atom stereocenters. The van der Waals surface area contributed by atoms with Crippen molar-refractivity contribution in [3.05, 3.63) is 58.1 Å². The number of ether oxygens (including phenoxy) is 1. The van der Waals surface area contributed by atoms with E-state index >= 15 is 0 Å². The van der Waals surface area contributed by atoms with Gasteiger partial charge in [0.05, 0.1) is 12.2 Å². The summed E-state index contributed by atoms with van der Waals surface area (Å²) in [5.41, 5.74) is 1.20. The van der Waals surface area contributed by atoms with Gasteiger partial charge in [0.2, 0.25) is 0 Å². The van der Waals surface area contributed by atoms with Gasteiger partial charge in [0.15, 0.2) is 5.78 Å². The molecule has 0 aliphatic rings. The smallest absolute Gasteiger partial charge is 0.342 e. The van der Waals surface area contributed by atoms with E-state index in [1.165, 1.54) is 12.1 Å². The lowest BCUT2D eigenvalue weighted by molar-refractivity contribution is 0.0522. The number of hydrogen-bond acceptors (Lipinski definition) is 5. The second-order valence-corrected chi connectivity index (χ2v) is 5.35. The van der Waals surface area contributed by atoms with Crippen LogP contribution in [0.4, 0.5) is 0 Å². The minimum absolute atomic E-state index is 0.00466. The standard InChI is InChI=1S/C19H20O5/c1-4-12-10-14(18(22)13-8-6-7-9-15(13)20)11(3)16(17(12)21)19(23)24-5-2/h6-10,20-21H,4-5H2,1-3H3. The number of aromatic hydroxyl groups is 2. The molecule has 2 aromatic carbocycles. The van der Waals surface area contributed by atoms with Crippen molar-refractivity contribution in [2.75, 3.05) is 6.61 Å². The number of hydrogen-bond donors (Lipinski definition) is 2. The Morgan fingerprint density at radius 3 is 2.33 bits per heavy atom. The fraction of sp³-hybridized carbons (Fsp3) is 0.263. The Morgan fingerprint density at radius 2 is 1.75 bits per heavy atom. The second-order valence-electron chi connectivity index (χ2n) is 5.35. The minimum atomic E-state index is -0.672. The third-order valence-corrected chi connectivity index (χ3v) is 3.89. The van der Waals surface area contributed by atoms with Crippen molar-refractivity contribution in [1.82, 2.24) is 0 Å². The fourth-order valence-corrected chi connectivity index (χ4v) is 2.59. The number of carbonyl (C=O) groups is 2. The summed E-state index contributed by atoms with van der Waals surface area (Å²) in [5.74, 6) is -1.38. The molecule has 0 saturated heterocycles. The topological polar surface area (TPSA) is 83.8 Å². The monoisotopic (exact) mass is 328 g/mol. The zero-order chi connectivity index (χ0) is 17.9. The van der Waals surface area contributed by atoms with Crippen molar-refractivity contribution in [2.45, 2.75) is 27.2 Å². The summed E-state index contributed by atoms with van der Waals surface area (Å²) >= 11 is 0. The highest BCUT2D eigenvalue weighted by Crippen LogP contribution is 2.32. The van der Waals surface area contributed by atoms with E-state index in [9.17, 15) is 19.8 Å². The number of aryl methyl sites for hydroxylation is 1. The Morgan fingerprint density at radius 1 is 1.08 bits per heavy atom. The van der Waals surface area contributed by atoms with Gasteiger partial charge in [0, 0.05) is 5.56 Å². The lowest BCUT2D eigenvalue weighted by Gasteiger charge is -2.15. The van der Waals surface area contributed by atoms with Gasteiger partial charge in [-0.25, -0.2) is 4.79 Å². The fourth-order valence-electron chi connectivity index (χ4n) is 2.59. The first-order valence-corrected chi connectivity index (χ1v) is 7.77. The van der Waals surface area contributed by atoms with Crippen LogP contribution in [0.1, 0.15) is 51.3 Å². The quantitative estimate of drug-likeness (QED) is 0.649. The van der Waals surface area contributed by atoms with E-state index in [2.05, 4.69) is 0 Å². The van der Waals surface area contributed by atoms with E-state index in [1.54, 1.807) is 32.0 Å². The minimum Gasteiger partial charge on any atom is -0.507 e. The largest absolute Gasteiger partial charge is 0.507 e. The first-order chi connectivity index (χ1) is 11.4. The Labute approximate surface area is 140 Å². The Balaban J connectivity index is 2.67. The molecule has 126 valence electrons. The predicted molar refractivity (Wildman–Crippen MR) is 89.7 cm³/mol. The van der Waals surface area contributed by atoms with Crippen LogP contribution in [-0.4, -0.2) is 28.6 Å². The molecule has 0 heterocycles. The van der Waals surface area contributed by atoms with Crippen LogP contribution in [0.3, 0.4) is 0 Å². The molecule has 0 saturated carbocycles. The molecule has 0 unspecified atom stereocenters. The molecule has 5 heteroatoms. The number of para-hydroxylation sites is 1. The summed E-state index contributed by atoms with van der Waals surface area (Å²) < 4.78 is 4.99. The van der Waals surface area contributed by atoms with Crippen LogP contribution < -0.4 is 0 Å². The van der Waals surface area contributed by atoms with Gasteiger partial charge < -0.3 is 14.9 Å². The molecule has 2 rings (SSSR count). The van der Waals surface area contributed by atoms with E-state index in [-0.39, 0.29) is 34.8 Å². The second kappa shape index (κ2) is 7.17. The molecule has 0 aromatic heterocycles. The molecule has 0 spiro atoms. The number of phenolic OH excluding ortho intramolecular Hbond substituents is 2. The van der Waals surface area contributed by atoms with Crippen molar-refractivity contribution in [1.29, 1.82) is 0 Å². The van der Waals surface area contributed by atoms with Crippen LogP contribution in [-0.2, 0) is 11.2 Å². The van der Waals surface area contributed by atoms with Crippen molar-refractivity contribution < 1.29 is 24.5 Å². The average Bonchev–Trinajstić information content (AvgIpc) is 2.55. The highest BCUT2D eigenvalue weighted by molar-refractivity contribution is 6.13. The molecule has 5 nitrogen and oxygen atoms in total. The molecule has 0 aliphatic carbocycles. The molecule has 2 aromatic rings. The van der Waals surface area contributed by atoms with Crippen molar-refractivity contribution in [3.8, 4) is 11.5 Å². The summed E-state index contributed by atoms with van der Waals surface area (Å²) in [4.78, 5) is 25.0. The van der Waals surface area contributed by atoms with E-state index in [4.69, 9.17) is 4.74 Å². The molecule has 0 radical (unpaired) electrons. The number of phenols is 2. The molecular weight excluding hydrogens is 308 g/mol. The third kappa shape index (κ3) is 3.11. The molecular formula is C19H20O5. The van der Waals surface area contributed by atoms with Gasteiger partial charge in [-0.05, 0) is 49.6 Å². The zero-order valence-electron chi connectivity index (χ0n) is 13.9. The van der Waals surface area contributed by atoms with Crippen LogP contribution in [0.5, 0.6) is 11.5 Å². The summed E-state index contributed by atoms with van der Waals surface area (Å²) in [7, 11) is 0. The number of rotatable bonds is 5. The normalized spacial score (nSPS) is 10.5. The van der Waals surface area contributed by atoms with E-state index in [1.807, 2.05) is 6.92 Å². The summed E-state index contributed by atoms with van der Waals surface area (Å²) in [5, 5.41) is 20.3. The summed E-state index contributed by atoms with van der Waals surface area (Å²) in [6.07, 6.45) is 0.444. The van der Waals surface area contributed by atoms with Crippen LogP contribution in [0.25, 0.3) is 0 Å². The maximum atomic E-state index is 12.8. The number of benzene rings is 2. The van der Waals surface area contributed by atoms with Gasteiger partial charge in [-0.2, -0.15) is 0 Å². The number of ketones is 1.